The Kier molecular flexibility index (Phi) is 7.20. The first-order chi connectivity index (χ1) is 14.1. The van der Waals surface area contributed by atoms with E-state index in [4.69, 9.17) is 4.74 Å². The summed E-state index contributed by atoms with van der Waals surface area (Å²) in [5.74, 6) is 0.160. The number of esters is 1. The predicted octanol–water partition coefficient (Wildman–Crippen LogP) is 4.10. The zero-order chi connectivity index (χ0) is 20.6. The minimum absolute atomic E-state index is 0.129. The van der Waals surface area contributed by atoms with Gasteiger partial charge in [-0.3, -0.25) is 9.36 Å². The molecular formula is C20H20N4O3S2. The number of aromatic nitrogens is 3. The summed E-state index contributed by atoms with van der Waals surface area (Å²) in [6, 6.07) is 11.4. The third-order valence-corrected chi connectivity index (χ3v) is 5.60. The smallest absolute Gasteiger partial charge is 0.341 e. The van der Waals surface area contributed by atoms with Crippen LogP contribution in [0.2, 0.25) is 0 Å². The molecule has 9 heteroatoms. The molecule has 2 heterocycles. The van der Waals surface area contributed by atoms with Gasteiger partial charge >= 0.3 is 5.97 Å². The summed E-state index contributed by atoms with van der Waals surface area (Å²) in [5.41, 5.74) is 1.30. The molecule has 0 aliphatic heterocycles. The number of anilines is 1. The summed E-state index contributed by atoms with van der Waals surface area (Å²) in [5, 5.41) is 14.1. The van der Waals surface area contributed by atoms with Gasteiger partial charge in [0.1, 0.15) is 5.00 Å². The lowest BCUT2D eigenvalue weighted by molar-refractivity contribution is -0.113. The highest BCUT2D eigenvalue weighted by molar-refractivity contribution is 7.99. The first-order valence-electron chi connectivity index (χ1n) is 8.90. The van der Waals surface area contributed by atoms with Crippen LogP contribution in [0.1, 0.15) is 17.3 Å². The van der Waals surface area contributed by atoms with E-state index in [-0.39, 0.29) is 18.3 Å². The predicted molar refractivity (Wildman–Crippen MR) is 115 cm³/mol. The van der Waals surface area contributed by atoms with E-state index in [9.17, 15) is 9.59 Å². The van der Waals surface area contributed by atoms with Crippen molar-refractivity contribution < 1.29 is 14.3 Å². The van der Waals surface area contributed by atoms with Crippen molar-refractivity contribution in [1.82, 2.24) is 14.8 Å². The minimum atomic E-state index is -0.449. The van der Waals surface area contributed by atoms with Crippen molar-refractivity contribution in [2.75, 3.05) is 17.7 Å². The lowest BCUT2D eigenvalue weighted by atomic mass is 10.2. The standard InChI is InChI=1S/C20H20N4O3S2/c1-3-11-24-17(14-8-6-5-7-9-14)22-23-20(24)29-13-16(25)21-18-15(10-12-28-18)19(26)27-4-2/h3,5-10,12H,1,4,11,13H2,2H3,(H,21,25). The number of benzene rings is 1. The molecular weight excluding hydrogens is 408 g/mol. The van der Waals surface area contributed by atoms with Crippen LogP contribution in [0.3, 0.4) is 0 Å². The molecule has 0 spiro atoms. The Morgan fingerprint density at radius 2 is 2.07 bits per heavy atom. The van der Waals surface area contributed by atoms with Crippen molar-refractivity contribution in [1.29, 1.82) is 0 Å². The number of ether oxygens (including phenoxy) is 1. The quantitative estimate of drug-likeness (QED) is 0.314. The van der Waals surface area contributed by atoms with Crippen molar-refractivity contribution in [3.63, 3.8) is 0 Å². The van der Waals surface area contributed by atoms with Crippen LogP contribution in [0.15, 0.2) is 59.6 Å². The van der Waals surface area contributed by atoms with Crippen LogP contribution in [-0.4, -0.2) is 39.0 Å². The molecule has 0 saturated carbocycles. The van der Waals surface area contributed by atoms with Crippen molar-refractivity contribution in [2.45, 2.75) is 18.6 Å². The summed E-state index contributed by atoms with van der Waals surface area (Å²) < 4.78 is 6.92. The number of hydrogen-bond donors (Lipinski definition) is 1. The van der Waals surface area contributed by atoms with E-state index >= 15 is 0 Å². The van der Waals surface area contributed by atoms with Gasteiger partial charge in [0, 0.05) is 12.1 Å². The van der Waals surface area contributed by atoms with E-state index in [1.54, 1.807) is 24.4 Å². The molecule has 150 valence electrons. The normalized spacial score (nSPS) is 10.5. The highest BCUT2D eigenvalue weighted by Gasteiger charge is 2.18. The second-order valence-electron chi connectivity index (χ2n) is 5.79. The second kappa shape index (κ2) is 10.0. The maximum atomic E-state index is 12.4. The third-order valence-electron chi connectivity index (χ3n) is 3.81. The van der Waals surface area contributed by atoms with E-state index < -0.39 is 5.97 Å². The summed E-state index contributed by atoms with van der Waals surface area (Å²) in [6.07, 6.45) is 1.76. The van der Waals surface area contributed by atoms with Crippen LogP contribution in [0, 0.1) is 0 Å². The number of carbonyl (C=O) groups excluding carboxylic acids is 2. The molecule has 0 fully saturated rings. The Balaban J connectivity index is 1.68. The Labute approximate surface area is 176 Å². The molecule has 0 radical (unpaired) electrons. The number of thioether (sulfide) groups is 1. The van der Waals surface area contributed by atoms with Crippen LogP contribution < -0.4 is 5.32 Å². The van der Waals surface area contributed by atoms with Gasteiger partial charge in [0.2, 0.25) is 5.91 Å². The van der Waals surface area contributed by atoms with Gasteiger partial charge in [-0.05, 0) is 18.4 Å². The van der Waals surface area contributed by atoms with E-state index in [1.807, 2.05) is 34.9 Å². The number of hydrogen-bond acceptors (Lipinski definition) is 7. The zero-order valence-corrected chi connectivity index (χ0v) is 17.5. The molecule has 0 saturated heterocycles. The number of amides is 1. The molecule has 1 aromatic carbocycles. The fourth-order valence-corrected chi connectivity index (χ4v) is 4.10. The molecule has 0 atom stereocenters. The van der Waals surface area contributed by atoms with Gasteiger partial charge in [0.15, 0.2) is 11.0 Å². The summed E-state index contributed by atoms with van der Waals surface area (Å²) in [4.78, 5) is 24.3. The van der Waals surface area contributed by atoms with Gasteiger partial charge in [0.05, 0.1) is 17.9 Å². The van der Waals surface area contributed by atoms with Crippen LogP contribution in [-0.2, 0) is 16.1 Å². The fourth-order valence-electron chi connectivity index (χ4n) is 2.56. The van der Waals surface area contributed by atoms with Crippen molar-refractivity contribution in [2.24, 2.45) is 0 Å². The number of thiophene rings is 1. The topological polar surface area (TPSA) is 86.1 Å². The first-order valence-corrected chi connectivity index (χ1v) is 10.8. The molecule has 3 rings (SSSR count). The average Bonchev–Trinajstić information content (AvgIpc) is 3.35. The van der Waals surface area contributed by atoms with Crippen LogP contribution in [0.25, 0.3) is 11.4 Å². The van der Waals surface area contributed by atoms with Gasteiger partial charge in [0.25, 0.3) is 0 Å². The second-order valence-corrected chi connectivity index (χ2v) is 7.65. The van der Waals surface area contributed by atoms with Gasteiger partial charge in [-0.2, -0.15) is 0 Å². The Morgan fingerprint density at radius 3 is 2.79 bits per heavy atom. The SMILES string of the molecule is C=CCn1c(SCC(=O)Nc2sccc2C(=O)OCC)nnc1-c1ccccc1. The maximum Gasteiger partial charge on any atom is 0.341 e. The van der Waals surface area contributed by atoms with Crippen molar-refractivity contribution in [3.05, 3.63) is 60.0 Å². The van der Waals surface area contributed by atoms with E-state index in [2.05, 4.69) is 22.1 Å². The molecule has 7 nitrogen and oxygen atoms in total. The summed E-state index contributed by atoms with van der Waals surface area (Å²) in [7, 11) is 0. The highest BCUT2D eigenvalue weighted by atomic mass is 32.2. The van der Waals surface area contributed by atoms with Crippen molar-refractivity contribution in [3.8, 4) is 11.4 Å². The van der Waals surface area contributed by atoms with Crippen LogP contribution >= 0.6 is 23.1 Å². The van der Waals surface area contributed by atoms with Crippen LogP contribution in [0.4, 0.5) is 5.00 Å². The lowest BCUT2D eigenvalue weighted by Gasteiger charge is -2.08. The monoisotopic (exact) mass is 428 g/mol. The first kappa shape index (κ1) is 20.8. The molecule has 1 N–H and O–H groups in total. The van der Waals surface area contributed by atoms with Crippen molar-refractivity contribution >= 4 is 40.0 Å². The lowest BCUT2D eigenvalue weighted by Crippen LogP contribution is -2.16. The highest BCUT2D eigenvalue weighted by Crippen LogP contribution is 2.26. The molecule has 3 aromatic rings. The summed E-state index contributed by atoms with van der Waals surface area (Å²) in [6.45, 7) is 6.33. The largest absolute Gasteiger partial charge is 0.462 e. The Morgan fingerprint density at radius 1 is 1.28 bits per heavy atom. The van der Waals surface area contributed by atoms with E-state index in [0.29, 0.717) is 22.3 Å². The molecule has 0 aliphatic carbocycles. The molecule has 0 bridgehead atoms. The van der Waals surface area contributed by atoms with Gasteiger partial charge in [-0.1, -0.05) is 48.2 Å². The van der Waals surface area contributed by atoms with E-state index in [1.165, 1.54) is 23.1 Å². The number of carbonyl (C=O) groups is 2. The minimum Gasteiger partial charge on any atom is -0.462 e. The molecule has 29 heavy (non-hydrogen) atoms. The number of nitrogens with zero attached hydrogens (tertiary/aromatic N) is 3. The van der Waals surface area contributed by atoms with E-state index in [0.717, 1.165) is 11.4 Å². The van der Waals surface area contributed by atoms with Gasteiger partial charge in [-0.25, -0.2) is 4.79 Å². The molecule has 0 aliphatic rings. The molecule has 2 aromatic heterocycles. The van der Waals surface area contributed by atoms with Gasteiger partial charge in [-0.15, -0.1) is 28.1 Å². The Bertz CT molecular complexity index is 998. The summed E-state index contributed by atoms with van der Waals surface area (Å²) >= 11 is 2.55. The maximum absolute atomic E-state index is 12.4. The average molecular weight is 429 g/mol. The Hall–Kier alpha value is -2.91. The molecule has 1 amide bonds. The van der Waals surface area contributed by atoms with Gasteiger partial charge < -0.3 is 10.1 Å². The fraction of sp³-hybridized carbons (Fsp3) is 0.200. The zero-order valence-electron chi connectivity index (χ0n) is 15.8. The number of allylic oxidation sites excluding steroid dienone is 1. The number of nitrogens with one attached hydrogen (secondary N) is 1. The van der Waals surface area contributed by atoms with Crippen LogP contribution in [0.5, 0.6) is 0 Å². The third kappa shape index (κ3) is 5.12. The molecule has 0 unspecified atom stereocenters. The number of rotatable bonds is 9.